The first-order valence-corrected chi connectivity index (χ1v) is 6.32. The van der Waals surface area contributed by atoms with Crippen LogP contribution in [0.2, 0.25) is 5.02 Å². The number of halogens is 2. The molecule has 2 rings (SSSR count). The van der Waals surface area contributed by atoms with Crippen molar-refractivity contribution in [2.45, 2.75) is 12.0 Å². The summed E-state index contributed by atoms with van der Waals surface area (Å²) in [5.41, 5.74) is -0.797. The molecule has 1 heterocycles. The van der Waals surface area contributed by atoms with E-state index in [4.69, 9.17) is 16.3 Å². The summed E-state index contributed by atoms with van der Waals surface area (Å²) in [5.74, 6) is -0.446. The zero-order valence-electron chi connectivity index (χ0n) is 10.3. The predicted octanol–water partition coefficient (Wildman–Crippen LogP) is 2.02. The molecule has 1 aromatic carbocycles. The lowest BCUT2D eigenvalue weighted by Crippen LogP contribution is -2.33. The van der Waals surface area contributed by atoms with E-state index in [1.165, 1.54) is 6.07 Å². The van der Waals surface area contributed by atoms with Gasteiger partial charge in [0.05, 0.1) is 6.61 Å². The third kappa shape index (κ3) is 2.83. The minimum absolute atomic E-state index is 0.326. The van der Waals surface area contributed by atoms with E-state index in [-0.39, 0.29) is 0 Å². The molecule has 1 aliphatic heterocycles. The summed E-state index contributed by atoms with van der Waals surface area (Å²) in [4.78, 5) is 2.07. The van der Waals surface area contributed by atoms with Crippen LogP contribution >= 0.6 is 11.6 Å². The average Bonchev–Trinajstić information content (AvgIpc) is 2.69. The number of hydrogen-bond donors (Lipinski definition) is 1. The molecule has 0 bridgehead atoms. The Morgan fingerprint density at radius 2 is 2.33 bits per heavy atom. The monoisotopic (exact) mass is 273 g/mol. The molecule has 1 fully saturated rings. The van der Waals surface area contributed by atoms with Gasteiger partial charge in [-0.3, -0.25) is 4.90 Å². The second-order valence-electron chi connectivity index (χ2n) is 4.67. The molecule has 1 N–H and O–H groups in total. The zero-order chi connectivity index (χ0) is 13.2. The fourth-order valence-corrected chi connectivity index (χ4v) is 2.53. The summed E-state index contributed by atoms with van der Waals surface area (Å²) in [6, 6.07) is 4.42. The molecular weight excluding hydrogens is 257 g/mol. The number of rotatable bonds is 4. The van der Waals surface area contributed by atoms with Crippen molar-refractivity contribution in [2.24, 2.45) is 0 Å². The Labute approximate surface area is 111 Å². The van der Waals surface area contributed by atoms with Gasteiger partial charge in [0.2, 0.25) is 0 Å². The molecule has 18 heavy (non-hydrogen) atoms. The van der Waals surface area contributed by atoms with Crippen molar-refractivity contribution in [3.63, 3.8) is 0 Å². The number of aliphatic hydroxyl groups is 1. The number of methoxy groups -OCH3 is 1. The van der Waals surface area contributed by atoms with Crippen molar-refractivity contribution in [3.8, 4) is 0 Å². The number of benzene rings is 1. The van der Waals surface area contributed by atoms with E-state index in [1.807, 2.05) is 0 Å². The molecule has 1 atom stereocenters. The molecule has 0 saturated carbocycles. The van der Waals surface area contributed by atoms with Crippen LogP contribution in [0.25, 0.3) is 0 Å². The normalized spacial score (nSPS) is 24.7. The molecule has 1 aromatic rings. The summed E-state index contributed by atoms with van der Waals surface area (Å²) < 4.78 is 18.8. The summed E-state index contributed by atoms with van der Waals surface area (Å²) in [6.45, 7) is 2.52. The van der Waals surface area contributed by atoms with Gasteiger partial charge in [0, 0.05) is 37.3 Å². The van der Waals surface area contributed by atoms with Crippen LogP contribution < -0.4 is 0 Å². The lowest BCUT2D eigenvalue weighted by atomic mass is 9.92. The summed E-state index contributed by atoms with van der Waals surface area (Å²) in [5, 5.41) is 10.9. The zero-order valence-corrected chi connectivity index (χ0v) is 11.1. The molecule has 0 amide bonds. The largest absolute Gasteiger partial charge is 0.384 e. The highest BCUT2D eigenvalue weighted by molar-refractivity contribution is 6.30. The van der Waals surface area contributed by atoms with Gasteiger partial charge in [0.15, 0.2) is 0 Å². The first-order valence-electron chi connectivity index (χ1n) is 5.94. The molecule has 0 spiro atoms. The smallest absolute Gasteiger partial charge is 0.130 e. The maximum Gasteiger partial charge on any atom is 0.130 e. The van der Waals surface area contributed by atoms with Crippen molar-refractivity contribution in [2.75, 3.05) is 33.4 Å². The number of likely N-dealkylation sites (tertiary alicyclic amines) is 1. The average molecular weight is 274 g/mol. The number of hydrogen-bond acceptors (Lipinski definition) is 3. The third-order valence-corrected chi connectivity index (χ3v) is 3.61. The highest BCUT2D eigenvalue weighted by Gasteiger charge is 2.39. The second kappa shape index (κ2) is 5.53. The molecule has 100 valence electrons. The molecule has 0 aliphatic carbocycles. The van der Waals surface area contributed by atoms with Crippen LogP contribution in [0, 0.1) is 5.82 Å². The van der Waals surface area contributed by atoms with Crippen LogP contribution in [-0.4, -0.2) is 43.4 Å². The Morgan fingerprint density at radius 3 is 3.00 bits per heavy atom. The van der Waals surface area contributed by atoms with Crippen molar-refractivity contribution in [1.82, 2.24) is 4.90 Å². The van der Waals surface area contributed by atoms with Crippen LogP contribution in [0.3, 0.4) is 0 Å². The summed E-state index contributed by atoms with van der Waals surface area (Å²) in [7, 11) is 1.64. The van der Waals surface area contributed by atoms with E-state index in [0.717, 1.165) is 13.1 Å². The summed E-state index contributed by atoms with van der Waals surface area (Å²) >= 11 is 5.72. The van der Waals surface area contributed by atoms with Gasteiger partial charge in [-0.05, 0) is 18.6 Å². The van der Waals surface area contributed by atoms with E-state index >= 15 is 0 Å². The Hall–Kier alpha value is -0.680. The molecule has 0 radical (unpaired) electrons. The quantitative estimate of drug-likeness (QED) is 0.911. The van der Waals surface area contributed by atoms with Crippen molar-refractivity contribution >= 4 is 11.6 Å². The number of ether oxygens (including phenoxy) is 1. The van der Waals surface area contributed by atoms with Gasteiger partial charge in [-0.25, -0.2) is 4.39 Å². The molecule has 1 unspecified atom stereocenters. The van der Waals surface area contributed by atoms with Crippen molar-refractivity contribution in [3.05, 3.63) is 34.6 Å². The molecule has 0 aromatic heterocycles. The van der Waals surface area contributed by atoms with Gasteiger partial charge >= 0.3 is 0 Å². The predicted molar refractivity (Wildman–Crippen MR) is 68.2 cm³/mol. The van der Waals surface area contributed by atoms with Gasteiger partial charge in [0.25, 0.3) is 0 Å². The highest BCUT2D eigenvalue weighted by atomic mass is 35.5. The van der Waals surface area contributed by atoms with Gasteiger partial charge in [-0.2, -0.15) is 0 Å². The van der Waals surface area contributed by atoms with Crippen LogP contribution in [-0.2, 0) is 10.3 Å². The number of nitrogens with zero attached hydrogens (tertiary/aromatic N) is 1. The molecular formula is C13H17ClFNO2. The molecule has 1 saturated heterocycles. The van der Waals surface area contributed by atoms with E-state index < -0.39 is 11.4 Å². The molecule has 5 heteroatoms. The minimum atomic E-state index is -1.12. The topological polar surface area (TPSA) is 32.7 Å². The van der Waals surface area contributed by atoms with E-state index in [2.05, 4.69) is 4.90 Å². The SMILES string of the molecule is COCCN1CCC(O)(c2ccc(Cl)cc2F)C1. The maximum atomic E-state index is 13.8. The molecule has 1 aliphatic rings. The second-order valence-corrected chi connectivity index (χ2v) is 5.11. The van der Waals surface area contributed by atoms with Gasteiger partial charge in [-0.1, -0.05) is 17.7 Å². The number of β-amino-alcohol motifs (C(OH)–C–C–N with tert-alkyl or cyclic N) is 1. The Kier molecular flexibility index (Phi) is 4.22. The van der Waals surface area contributed by atoms with E-state index in [1.54, 1.807) is 19.2 Å². The maximum absolute atomic E-state index is 13.8. The third-order valence-electron chi connectivity index (χ3n) is 3.37. The van der Waals surface area contributed by atoms with Crippen molar-refractivity contribution in [1.29, 1.82) is 0 Å². The highest BCUT2D eigenvalue weighted by Crippen LogP contribution is 2.34. The minimum Gasteiger partial charge on any atom is -0.384 e. The standard InChI is InChI=1S/C13H17ClFNO2/c1-18-7-6-16-5-4-13(17,9-16)11-3-2-10(14)8-12(11)15/h2-3,8,17H,4-7,9H2,1H3. The van der Waals surface area contributed by atoms with Gasteiger partial charge in [-0.15, -0.1) is 0 Å². The Balaban J connectivity index is 2.12. The molecule has 3 nitrogen and oxygen atoms in total. The fourth-order valence-electron chi connectivity index (χ4n) is 2.37. The lowest BCUT2D eigenvalue weighted by Gasteiger charge is -2.24. The summed E-state index contributed by atoms with van der Waals surface area (Å²) in [6.07, 6.45) is 0.523. The first kappa shape index (κ1) is 13.7. The van der Waals surface area contributed by atoms with E-state index in [9.17, 15) is 9.50 Å². The van der Waals surface area contributed by atoms with E-state index in [0.29, 0.717) is 30.2 Å². The van der Waals surface area contributed by atoms with Crippen molar-refractivity contribution < 1.29 is 14.2 Å². The van der Waals surface area contributed by atoms with Crippen LogP contribution in [0.15, 0.2) is 18.2 Å². The van der Waals surface area contributed by atoms with Crippen LogP contribution in [0.5, 0.6) is 0 Å². The van der Waals surface area contributed by atoms with Crippen LogP contribution in [0.4, 0.5) is 4.39 Å². The van der Waals surface area contributed by atoms with Gasteiger partial charge in [0.1, 0.15) is 11.4 Å². The van der Waals surface area contributed by atoms with Crippen LogP contribution in [0.1, 0.15) is 12.0 Å². The lowest BCUT2D eigenvalue weighted by molar-refractivity contribution is 0.0395. The Bertz CT molecular complexity index is 429. The van der Waals surface area contributed by atoms with Gasteiger partial charge < -0.3 is 9.84 Å². The first-order chi connectivity index (χ1) is 8.55. The fraction of sp³-hybridized carbons (Fsp3) is 0.538. The Morgan fingerprint density at radius 1 is 1.56 bits per heavy atom.